The Hall–Kier alpha value is -1.71. The Bertz CT molecular complexity index is 449. The molecular formula is C15H16ClNO2. The van der Waals surface area contributed by atoms with Gasteiger partial charge in [0.05, 0.1) is 13.2 Å². The summed E-state index contributed by atoms with van der Waals surface area (Å²) < 4.78 is 11.0. The predicted octanol–water partition coefficient (Wildman–Crippen LogP) is 3.52. The summed E-state index contributed by atoms with van der Waals surface area (Å²) in [5.74, 6) is 0.796. The Labute approximate surface area is 117 Å². The maximum atomic E-state index is 5.80. The fraction of sp³-hybridized carbons (Fsp3) is 0.200. The Kier molecular flexibility index (Phi) is 5.07. The lowest BCUT2D eigenvalue weighted by Crippen LogP contribution is -2.06. The van der Waals surface area contributed by atoms with Gasteiger partial charge in [-0.2, -0.15) is 0 Å². The minimum absolute atomic E-state index is 0.511. The molecule has 100 valence electrons. The van der Waals surface area contributed by atoms with Crippen molar-refractivity contribution >= 4 is 17.3 Å². The van der Waals surface area contributed by atoms with Crippen molar-refractivity contribution in [2.45, 2.75) is 6.61 Å². The third-order valence-electron chi connectivity index (χ3n) is 2.56. The number of nitrogens with two attached hydrogens (primary N) is 1. The van der Waals surface area contributed by atoms with Gasteiger partial charge in [-0.3, -0.25) is 0 Å². The van der Waals surface area contributed by atoms with Crippen LogP contribution in [-0.2, 0) is 11.3 Å². The van der Waals surface area contributed by atoms with Crippen LogP contribution in [0.15, 0.2) is 48.5 Å². The number of nitrogen functional groups attached to an aromatic ring is 1. The van der Waals surface area contributed by atoms with Crippen LogP contribution in [0.3, 0.4) is 0 Å². The van der Waals surface area contributed by atoms with Crippen LogP contribution < -0.4 is 10.5 Å². The average Bonchev–Trinajstić information content (AvgIpc) is 2.43. The number of benzene rings is 2. The number of halogens is 1. The lowest BCUT2D eigenvalue weighted by atomic mass is 10.2. The zero-order valence-electron chi connectivity index (χ0n) is 10.5. The van der Waals surface area contributed by atoms with Gasteiger partial charge < -0.3 is 15.2 Å². The van der Waals surface area contributed by atoms with Crippen molar-refractivity contribution in [3.05, 3.63) is 59.1 Å². The first-order valence-electron chi connectivity index (χ1n) is 6.04. The predicted molar refractivity (Wildman–Crippen MR) is 77.5 cm³/mol. The van der Waals surface area contributed by atoms with Crippen LogP contribution in [-0.4, -0.2) is 13.2 Å². The van der Waals surface area contributed by atoms with Crippen LogP contribution in [0.25, 0.3) is 0 Å². The molecule has 4 heteroatoms. The monoisotopic (exact) mass is 277 g/mol. The van der Waals surface area contributed by atoms with E-state index in [9.17, 15) is 0 Å². The van der Waals surface area contributed by atoms with Gasteiger partial charge in [-0.15, -0.1) is 0 Å². The minimum atomic E-state index is 0.511. The topological polar surface area (TPSA) is 44.5 Å². The fourth-order valence-electron chi connectivity index (χ4n) is 1.55. The van der Waals surface area contributed by atoms with Crippen LogP contribution in [0.4, 0.5) is 5.69 Å². The van der Waals surface area contributed by atoms with Crippen molar-refractivity contribution in [3.63, 3.8) is 0 Å². The molecule has 0 aliphatic carbocycles. The normalized spacial score (nSPS) is 10.4. The summed E-state index contributed by atoms with van der Waals surface area (Å²) >= 11 is 5.80. The van der Waals surface area contributed by atoms with Gasteiger partial charge in [0.1, 0.15) is 12.4 Å². The molecule has 0 aliphatic heterocycles. The third-order valence-corrected chi connectivity index (χ3v) is 2.81. The quantitative estimate of drug-likeness (QED) is 0.649. The minimum Gasteiger partial charge on any atom is -0.491 e. The second kappa shape index (κ2) is 7.02. The first kappa shape index (κ1) is 13.7. The summed E-state index contributed by atoms with van der Waals surface area (Å²) in [5, 5.41) is 0.732. The molecule has 2 rings (SSSR count). The molecule has 0 heterocycles. The molecule has 3 nitrogen and oxygen atoms in total. The third kappa shape index (κ3) is 4.81. The first-order valence-corrected chi connectivity index (χ1v) is 6.42. The average molecular weight is 278 g/mol. The Morgan fingerprint density at radius 3 is 2.26 bits per heavy atom. The van der Waals surface area contributed by atoms with E-state index in [2.05, 4.69) is 0 Å². The van der Waals surface area contributed by atoms with Crippen molar-refractivity contribution in [2.75, 3.05) is 18.9 Å². The lowest BCUT2D eigenvalue weighted by Gasteiger charge is -2.07. The zero-order valence-corrected chi connectivity index (χ0v) is 11.3. The van der Waals surface area contributed by atoms with Crippen molar-refractivity contribution in [1.82, 2.24) is 0 Å². The molecule has 2 aromatic carbocycles. The maximum Gasteiger partial charge on any atom is 0.119 e. The molecule has 0 bridgehead atoms. The summed E-state index contributed by atoms with van der Waals surface area (Å²) in [5.41, 5.74) is 7.41. The van der Waals surface area contributed by atoms with Gasteiger partial charge in [0, 0.05) is 10.7 Å². The summed E-state index contributed by atoms with van der Waals surface area (Å²) in [4.78, 5) is 0. The molecular weight excluding hydrogens is 262 g/mol. The van der Waals surface area contributed by atoms with Gasteiger partial charge >= 0.3 is 0 Å². The standard InChI is InChI=1S/C15H16ClNO2/c16-13-3-1-12(2-4-13)11-18-9-10-19-15-7-5-14(17)6-8-15/h1-8H,9-11,17H2. The molecule has 0 fully saturated rings. The summed E-state index contributed by atoms with van der Waals surface area (Å²) in [6.45, 7) is 1.60. The number of ether oxygens (including phenoxy) is 2. The van der Waals surface area contributed by atoms with Gasteiger partial charge in [0.2, 0.25) is 0 Å². The van der Waals surface area contributed by atoms with Crippen molar-refractivity contribution < 1.29 is 9.47 Å². The number of anilines is 1. The molecule has 0 unspecified atom stereocenters. The van der Waals surface area contributed by atoms with Crippen molar-refractivity contribution in [2.24, 2.45) is 0 Å². The number of hydrogen-bond acceptors (Lipinski definition) is 3. The molecule has 0 spiro atoms. The Morgan fingerprint density at radius 1 is 0.895 bits per heavy atom. The number of rotatable bonds is 6. The fourth-order valence-corrected chi connectivity index (χ4v) is 1.68. The molecule has 2 aromatic rings. The van der Waals surface area contributed by atoms with Gasteiger partial charge in [-0.05, 0) is 42.0 Å². The highest BCUT2D eigenvalue weighted by molar-refractivity contribution is 6.30. The van der Waals surface area contributed by atoms with E-state index in [0.717, 1.165) is 22.0 Å². The molecule has 0 aromatic heterocycles. The van der Waals surface area contributed by atoms with Crippen molar-refractivity contribution in [1.29, 1.82) is 0 Å². The number of hydrogen-bond donors (Lipinski definition) is 1. The van der Waals surface area contributed by atoms with E-state index in [-0.39, 0.29) is 0 Å². The summed E-state index contributed by atoms with van der Waals surface area (Å²) in [6.07, 6.45) is 0. The van der Waals surface area contributed by atoms with E-state index in [0.29, 0.717) is 19.8 Å². The van der Waals surface area contributed by atoms with Crippen LogP contribution in [0, 0.1) is 0 Å². The van der Waals surface area contributed by atoms with E-state index in [1.54, 1.807) is 0 Å². The van der Waals surface area contributed by atoms with Gasteiger partial charge in [0.15, 0.2) is 0 Å². The zero-order chi connectivity index (χ0) is 13.5. The second-order valence-corrected chi connectivity index (χ2v) is 4.53. The molecule has 0 amide bonds. The van der Waals surface area contributed by atoms with Gasteiger partial charge in [0.25, 0.3) is 0 Å². The highest BCUT2D eigenvalue weighted by atomic mass is 35.5. The lowest BCUT2D eigenvalue weighted by molar-refractivity contribution is 0.0889. The molecule has 0 radical (unpaired) electrons. The van der Waals surface area contributed by atoms with Gasteiger partial charge in [-0.25, -0.2) is 0 Å². The second-order valence-electron chi connectivity index (χ2n) is 4.10. The van der Waals surface area contributed by atoms with Crippen LogP contribution >= 0.6 is 11.6 Å². The molecule has 2 N–H and O–H groups in total. The van der Waals surface area contributed by atoms with E-state index in [1.165, 1.54) is 0 Å². The molecule has 0 saturated heterocycles. The van der Waals surface area contributed by atoms with Crippen LogP contribution in [0.1, 0.15) is 5.56 Å². The highest BCUT2D eigenvalue weighted by Crippen LogP contribution is 2.13. The Morgan fingerprint density at radius 2 is 1.58 bits per heavy atom. The van der Waals surface area contributed by atoms with Crippen LogP contribution in [0.5, 0.6) is 5.75 Å². The Balaban J connectivity index is 1.64. The molecule has 19 heavy (non-hydrogen) atoms. The molecule has 0 aliphatic rings. The summed E-state index contributed by atoms with van der Waals surface area (Å²) in [6, 6.07) is 14.9. The smallest absolute Gasteiger partial charge is 0.119 e. The first-order chi connectivity index (χ1) is 9.24. The maximum absolute atomic E-state index is 5.80. The molecule has 0 saturated carbocycles. The largest absolute Gasteiger partial charge is 0.491 e. The summed E-state index contributed by atoms with van der Waals surface area (Å²) in [7, 11) is 0. The van der Waals surface area contributed by atoms with Gasteiger partial charge in [-0.1, -0.05) is 23.7 Å². The van der Waals surface area contributed by atoms with Crippen LogP contribution in [0.2, 0.25) is 5.02 Å². The SMILES string of the molecule is Nc1ccc(OCCOCc2ccc(Cl)cc2)cc1. The van der Waals surface area contributed by atoms with E-state index < -0.39 is 0 Å². The van der Waals surface area contributed by atoms with E-state index in [1.807, 2.05) is 48.5 Å². The van der Waals surface area contributed by atoms with E-state index >= 15 is 0 Å². The molecule has 0 atom stereocenters. The van der Waals surface area contributed by atoms with E-state index in [4.69, 9.17) is 26.8 Å². The van der Waals surface area contributed by atoms with Crippen molar-refractivity contribution in [3.8, 4) is 5.75 Å². The highest BCUT2D eigenvalue weighted by Gasteiger charge is 1.96.